The van der Waals surface area contributed by atoms with Gasteiger partial charge in [-0.1, -0.05) is 47.5 Å². The monoisotopic (exact) mass is 182 g/mol. The molecule has 1 saturated carbocycles. The molecule has 0 aliphatic heterocycles. The second kappa shape index (κ2) is 4.02. The fourth-order valence-electron chi connectivity index (χ4n) is 2.81. The summed E-state index contributed by atoms with van der Waals surface area (Å²) in [6.45, 7) is 12.0. The van der Waals surface area contributed by atoms with Gasteiger partial charge in [-0.2, -0.15) is 0 Å². The Kier molecular flexibility index (Phi) is 3.43. The summed E-state index contributed by atoms with van der Waals surface area (Å²) in [5.41, 5.74) is 0.679. The third-order valence-electron chi connectivity index (χ3n) is 4.74. The van der Waals surface area contributed by atoms with Gasteiger partial charge in [-0.15, -0.1) is 0 Å². The maximum atomic E-state index is 2.46. The Bertz CT molecular complexity index is 159. The number of rotatable bonds is 4. The van der Waals surface area contributed by atoms with E-state index in [0.29, 0.717) is 5.41 Å². The van der Waals surface area contributed by atoms with Crippen molar-refractivity contribution in [1.82, 2.24) is 0 Å². The predicted molar refractivity (Wildman–Crippen MR) is 59.7 cm³/mol. The van der Waals surface area contributed by atoms with Crippen LogP contribution in [-0.4, -0.2) is 0 Å². The molecule has 0 heterocycles. The maximum absolute atomic E-state index is 2.46. The summed E-state index contributed by atoms with van der Waals surface area (Å²) < 4.78 is 0. The molecule has 4 unspecified atom stereocenters. The van der Waals surface area contributed by atoms with Crippen molar-refractivity contribution in [1.29, 1.82) is 0 Å². The Balaban J connectivity index is 2.35. The van der Waals surface area contributed by atoms with Crippen molar-refractivity contribution < 1.29 is 0 Å². The molecule has 0 heteroatoms. The van der Waals surface area contributed by atoms with Crippen LogP contribution < -0.4 is 0 Å². The molecule has 0 aromatic rings. The predicted octanol–water partition coefficient (Wildman–Crippen LogP) is 4.49. The van der Waals surface area contributed by atoms with E-state index in [1.165, 1.54) is 25.7 Å². The fraction of sp³-hybridized carbons (Fsp3) is 1.00. The topological polar surface area (TPSA) is 0 Å². The largest absolute Gasteiger partial charge is 0.0651 e. The lowest BCUT2D eigenvalue weighted by Crippen LogP contribution is -2.44. The van der Waals surface area contributed by atoms with E-state index in [-0.39, 0.29) is 0 Å². The van der Waals surface area contributed by atoms with Crippen LogP contribution in [0.1, 0.15) is 60.3 Å². The highest BCUT2D eigenvalue weighted by Crippen LogP contribution is 2.54. The standard InChI is InChI=1S/C13H26/c1-6-10(3)8-12-9-13(5,7-2)11(12)4/h10-12H,6-9H2,1-5H3. The van der Waals surface area contributed by atoms with E-state index in [4.69, 9.17) is 0 Å². The van der Waals surface area contributed by atoms with Crippen LogP contribution >= 0.6 is 0 Å². The molecule has 1 aliphatic rings. The normalized spacial score (nSPS) is 41.3. The molecule has 4 atom stereocenters. The van der Waals surface area contributed by atoms with Crippen molar-refractivity contribution in [2.75, 3.05) is 0 Å². The van der Waals surface area contributed by atoms with Crippen LogP contribution in [0.2, 0.25) is 0 Å². The molecule has 0 spiro atoms. The summed E-state index contributed by atoms with van der Waals surface area (Å²) in [5, 5.41) is 0. The Morgan fingerprint density at radius 1 is 1.38 bits per heavy atom. The fourth-order valence-corrected chi connectivity index (χ4v) is 2.81. The van der Waals surface area contributed by atoms with Gasteiger partial charge in [0.25, 0.3) is 0 Å². The molecule has 0 nitrogen and oxygen atoms in total. The van der Waals surface area contributed by atoms with Gasteiger partial charge in [-0.25, -0.2) is 0 Å². The molecule has 0 aromatic carbocycles. The molecular weight excluding hydrogens is 156 g/mol. The highest BCUT2D eigenvalue weighted by molar-refractivity contribution is 4.95. The zero-order valence-electron chi connectivity index (χ0n) is 10.1. The SMILES string of the molecule is CCC(C)CC1CC(C)(CC)C1C. The minimum absolute atomic E-state index is 0.679. The molecule has 0 radical (unpaired) electrons. The van der Waals surface area contributed by atoms with Crippen LogP contribution in [0.15, 0.2) is 0 Å². The average molecular weight is 182 g/mol. The van der Waals surface area contributed by atoms with Gasteiger partial charge >= 0.3 is 0 Å². The zero-order valence-corrected chi connectivity index (χ0v) is 10.1. The van der Waals surface area contributed by atoms with Crippen molar-refractivity contribution in [3.05, 3.63) is 0 Å². The van der Waals surface area contributed by atoms with Gasteiger partial charge in [0, 0.05) is 0 Å². The quantitative estimate of drug-likeness (QED) is 0.600. The van der Waals surface area contributed by atoms with Gasteiger partial charge in [-0.05, 0) is 36.0 Å². The average Bonchev–Trinajstić information content (AvgIpc) is 2.15. The first-order valence-electron chi connectivity index (χ1n) is 6.03. The summed E-state index contributed by atoms with van der Waals surface area (Å²) >= 11 is 0. The summed E-state index contributed by atoms with van der Waals surface area (Å²) in [5.74, 6) is 2.93. The Hall–Kier alpha value is 0. The molecule has 0 N–H and O–H groups in total. The highest BCUT2D eigenvalue weighted by Gasteiger charge is 2.45. The smallest absolute Gasteiger partial charge is 0.0297 e. The molecule has 1 fully saturated rings. The molecule has 0 amide bonds. The summed E-state index contributed by atoms with van der Waals surface area (Å²) in [6.07, 6.45) is 5.67. The highest BCUT2D eigenvalue weighted by atomic mass is 14.5. The summed E-state index contributed by atoms with van der Waals surface area (Å²) in [7, 11) is 0. The first kappa shape index (κ1) is 11.1. The van der Waals surface area contributed by atoms with Crippen LogP contribution in [0.3, 0.4) is 0 Å². The van der Waals surface area contributed by atoms with Crippen LogP contribution in [0.5, 0.6) is 0 Å². The van der Waals surface area contributed by atoms with E-state index in [1.54, 1.807) is 0 Å². The Labute approximate surface area is 84.1 Å². The third kappa shape index (κ3) is 2.08. The van der Waals surface area contributed by atoms with Gasteiger partial charge in [0.2, 0.25) is 0 Å². The van der Waals surface area contributed by atoms with Crippen molar-refractivity contribution >= 4 is 0 Å². The lowest BCUT2D eigenvalue weighted by molar-refractivity contribution is -0.0298. The van der Waals surface area contributed by atoms with Gasteiger partial charge in [0.1, 0.15) is 0 Å². The van der Waals surface area contributed by atoms with E-state index in [1.807, 2.05) is 0 Å². The van der Waals surface area contributed by atoms with Crippen LogP contribution in [0.4, 0.5) is 0 Å². The van der Waals surface area contributed by atoms with Crippen molar-refractivity contribution in [2.45, 2.75) is 60.3 Å². The molecule has 0 aromatic heterocycles. The van der Waals surface area contributed by atoms with E-state index >= 15 is 0 Å². The molecule has 1 aliphatic carbocycles. The summed E-state index contributed by atoms with van der Waals surface area (Å²) in [6, 6.07) is 0. The van der Waals surface area contributed by atoms with Crippen LogP contribution in [0.25, 0.3) is 0 Å². The zero-order chi connectivity index (χ0) is 10.1. The first-order chi connectivity index (χ1) is 6.03. The first-order valence-corrected chi connectivity index (χ1v) is 6.03. The lowest BCUT2D eigenvalue weighted by Gasteiger charge is -2.53. The Morgan fingerprint density at radius 2 is 2.00 bits per heavy atom. The Morgan fingerprint density at radius 3 is 2.38 bits per heavy atom. The van der Waals surface area contributed by atoms with Gasteiger partial charge in [-0.3, -0.25) is 0 Å². The third-order valence-corrected chi connectivity index (χ3v) is 4.74. The van der Waals surface area contributed by atoms with Crippen LogP contribution in [-0.2, 0) is 0 Å². The van der Waals surface area contributed by atoms with E-state index < -0.39 is 0 Å². The summed E-state index contributed by atoms with van der Waals surface area (Å²) in [4.78, 5) is 0. The molecule has 0 saturated heterocycles. The van der Waals surface area contributed by atoms with Crippen molar-refractivity contribution in [2.24, 2.45) is 23.2 Å². The molecule has 13 heavy (non-hydrogen) atoms. The minimum Gasteiger partial charge on any atom is -0.0651 e. The lowest BCUT2D eigenvalue weighted by atomic mass is 9.52. The van der Waals surface area contributed by atoms with Crippen molar-refractivity contribution in [3.8, 4) is 0 Å². The van der Waals surface area contributed by atoms with E-state index in [9.17, 15) is 0 Å². The second-order valence-corrected chi connectivity index (χ2v) is 5.51. The van der Waals surface area contributed by atoms with Gasteiger partial charge < -0.3 is 0 Å². The second-order valence-electron chi connectivity index (χ2n) is 5.51. The molecular formula is C13H26. The molecule has 0 bridgehead atoms. The molecule has 1 rings (SSSR count). The molecule has 78 valence electrons. The van der Waals surface area contributed by atoms with Gasteiger partial charge in [0.05, 0.1) is 0 Å². The van der Waals surface area contributed by atoms with Gasteiger partial charge in [0.15, 0.2) is 0 Å². The maximum Gasteiger partial charge on any atom is -0.0297 e. The number of hydrogen-bond acceptors (Lipinski definition) is 0. The van der Waals surface area contributed by atoms with Crippen LogP contribution in [0, 0.1) is 23.2 Å². The van der Waals surface area contributed by atoms with E-state index in [0.717, 1.165) is 17.8 Å². The van der Waals surface area contributed by atoms with E-state index in [2.05, 4.69) is 34.6 Å². The van der Waals surface area contributed by atoms with Crippen molar-refractivity contribution in [3.63, 3.8) is 0 Å². The minimum atomic E-state index is 0.679. The number of hydrogen-bond donors (Lipinski definition) is 0.